The molecule has 2 amide bonds. The molecule has 1 aromatic rings. The van der Waals surface area contributed by atoms with E-state index in [0.717, 1.165) is 28.6 Å². The van der Waals surface area contributed by atoms with Crippen LogP contribution in [0, 0.1) is 0 Å². The summed E-state index contributed by atoms with van der Waals surface area (Å²) in [5, 5.41) is -0.263. The van der Waals surface area contributed by atoms with Crippen molar-refractivity contribution >= 4 is 29.0 Å². The molecule has 1 aromatic carbocycles. The number of thioether (sulfide) groups is 1. The molecule has 2 rings (SSSR count). The minimum Gasteiger partial charge on any atom is -0.493 e. The maximum atomic E-state index is 11.8. The van der Waals surface area contributed by atoms with Crippen molar-refractivity contribution in [2.45, 2.75) is 13.3 Å². The molecule has 0 N–H and O–H groups in total. The van der Waals surface area contributed by atoms with Gasteiger partial charge in [-0.3, -0.25) is 14.5 Å². The number of carbonyl (C=O) groups excluding carboxylic acids is 2. The topological polar surface area (TPSA) is 55.8 Å². The van der Waals surface area contributed by atoms with Crippen molar-refractivity contribution in [1.29, 1.82) is 0 Å². The molecule has 0 saturated carbocycles. The van der Waals surface area contributed by atoms with E-state index in [1.54, 1.807) is 25.3 Å². The van der Waals surface area contributed by atoms with Crippen molar-refractivity contribution in [3.63, 3.8) is 0 Å². The van der Waals surface area contributed by atoms with E-state index in [2.05, 4.69) is 0 Å². The average Bonchev–Trinajstić information content (AvgIpc) is 2.73. The fraction of sp³-hybridized carbons (Fsp3) is 0.333. The standard InChI is InChI=1S/C15H17NO4S/c1-4-7-20-11-6-5-10(8-12(11)19-3)9-13-14(17)16(2)15(18)21-13/h5-6,8-9H,4,7H2,1-3H3/b13-9-. The summed E-state index contributed by atoms with van der Waals surface area (Å²) in [4.78, 5) is 24.8. The molecule has 112 valence electrons. The normalized spacial score (nSPS) is 16.7. The van der Waals surface area contributed by atoms with Crippen molar-refractivity contribution in [2.24, 2.45) is 0 Å². The van der Waals surface area contributed by atoms with Gasteiger partial charge in [-0.15, -0.1) is 0 Å². The molecule has 21 heavy (non-hydrogen) atoms. The van der Waals surface area contributed by atoms with E-state index >= 15 is 0 Å². The number of amides is 2. The third-order valence-corrected chi connectivity index (χ3v) is 3.89. The first kappa shape index (κ1) is 15.4. The van der Waals surface area contributed by atoms with Crippen molar-refractivity contribution in [3.8, 4) is 11.5 Å². The fourth-order valence-electron chi connectivity index (χ4n) is 1.80. The van der Waals surface area contributed by atoms with Gasteiger partial charge in [-0.25, -0.2) is 0 Å². The quantitative estimate of drug-likeness (QED) is 0.782. The molecule has 0 spiro atoms. The zero-order chi connectivity index (χ0) is 15.4. The molecule has 6 heteroatoms. The van der Waals surface area contributed by atoms with Crippen molar-refractivity contribution in [3.05, 3.63) is 28.7 Å². The van der Waals surface area contributed by atoms with E-state index in [1.807, 2.05) is 13.0 Å². The lowest BCUT2D eigenvalue weighted by atomic mass is 10.2. The summed E-state index contributed by atoms with van der Waals surface area (Å²) >= 11 is 0.935. The van der Waals surface area contributed by atoms with E-state index in [0.29, 0.717) is 23.0 Å². The van der Waals surface area contributed by atoms with E-state index < -0.39 is 0 Å². The molecule has 0 aromatic heterocycles. The lowest BCUT2D eigenvalue weighted by Gasteiger charge is -2.10. The van der Waals surface area contributed by atoms with Gasteiger partial charge in [-0.05, 0) is 42.0 Å². The number of carbonyl (C=O) groups is 2. The Morgan fingerprint density at radius 2 is 2.05 bits per heavy atom. The Balaban J connectivity index is 2.25. The van der Waals surface area contributed by atoms with Gasteiger partial charge in [-0.2, -0.15) is 0 Å². The van der Waals surface area contributed by atoms with Gasteiger partial charge < -0.3 is 9.47 Å². The number of imide groups is 1. The molecule has 1 saturated heterocycles. The van der Waals surface area contributed by atoms with Gasteiger partial charge >= 0.3 is 0 Å². The van der Waals surface area contributed by atoms with Crippen LogP contribution < -0.4 is 9.47 Å². The second kappa shape index (κ2) is 6.67. The van der Waals surface area contributed by atoms with Gasteiger partial charge in [0.15, 0.2) is 11.5 Å². The van der Waals surface area contributed by atoms with Gasteiger partial charge in [0, 0.05) is 7.05 Å². The smallest absolute Gasteiger partial charge is 0.293 e. The number of ether oxygens (including phenoxy) is 2. The van der Waals surface area contributed by atoms with Crippen molar-refractivity contribution < 1.29 is 19.1 Å². The minimum atomic E-state index is -0.282. The van der Waals surface area contributed by atoms with Gasteiger partial charge in [-0.1, -0.05) is 13.0 Å². The first-order valence-electron chi connectivity index (χ1n) is 6.59. The molecule has 0 bridgehead atoms. The summed E-state index contributed by atoms with van der Waals surface area (Å²) in [5.74, 6) is 0.989. The molecular formula is C15H17NO4S. The number of benzene rings is 1. The average molecular weight is 307 g/mol. The Labute approximate surface area is 127 Å². The van der Waals surface area contributed by atoms with Crippen LogP contribution in [-0.4, -0.2) is 36.8 Å². The Kier molecular flexibility index (Phi) is 4.90. The Morgan fingerprint density at radius 3 is 2.62 bits per heavy atom. The van der Waals surface area contributed by atoms with E-state index in [9.17, 15) is 9.59 Å². The van der Waals surface area contributed by atoms with Crippen LogP contribution in [0.2, 0.25) is 0 Å². The number of likely N-dealkylation sites (N-methyl/N-ethyl adjacent to an activating group) is 1. The second-order valence-electron chi connectivity index (χ2n) is 4.50. The third kappa shape index (κ3) is 3.39. The van der Waals surface area contributed by atoms with Crippen LogP contribution in [0.25, 0.3) is 6.08 Å². The summed E-state index contributed by atoms with van der Waals surface area (Å²) in [6.45, 7) is 2.64. The molecule has 0 aliphatic carbocycles. The van der Waals surface area contributed by atoms with Crippen molar-refractivity contribution in [1.82, 2.24) is 4.90 Å². The number of rotatable bonds is 5. The third-order valence-electron chi connectivity index (χ3n) is 2.93. The highest BCUT2D eigenvalue weighted by molar-refractivity contribution is 8.18. The maximum absolute atomic E-state index is 11.8. The van der Waals surface area contributed by atoms with Crippen molar-refractivity contribution in [2.75, 3.05) is 20.8 Å². The van der Waals surface area contributed by atoms with Gasteiger partial charge in [0.05, 0.1) is 18.6 Å². The minimum absolute atomic E-state index is 0.263. The van der Waals surface area contributed by atoms with Crippen LogP contribution in [0.1, 0.15) is 18.9 Å². The van der Waals surface area contributed by atoms with Crippen LogP contribution in [0.4, 0.5) is 4.79 Å². The number of nitrogens with zero attached hydrogens (tertiary/aromatic N) is 1. The number of methoxy groups -OCH3 is 1. The SMILES string of the molecule is CCCOc1ccc(/C=C2\SC(=O)N(C)C2=O)cc1OC. The first-order valence-corrected chi connectivity index (χ1v) is 7.41. The van der Waals surface area contributed by atoms with Crippen LogP contribution in [0.5, 0.6) is 11.5 Å². The summed E-state index contributed by atoms with van der Waals surface area (Å²) in [7, 11) is 3.04. The Morgan fingerprint density at radius 1 is 1.29 bits per heavy atom. The highest BCUT2D eigenvalue weighted by Gasteiger charge is 2.31. The van der Waals surface area contributed by atoms with Crippen LogP contribution in [0.15, 0.2) is 23.1 Å². The summed E-state index contributed by atoms with van der Waals surface area (Å²) in [5.41, 5.74) is 0.787. The molecule has 1 fully saturated rings. The molecule has 1 aliphatic heterocycles. The first-order chi connectivity index (χ1) is 10.1. The van der Waals surface area contributed by atoms with Gasteiger partial charge in [0.1, 0.15) is 0 Å². The molecular weight excluding hydrogens is 290 g/mol. The van der Waals surface area contributed by atoms with Crippen LogP contribution in [-0.2, 0) is 4.79 Å². The predicted molar refractivity (Wildman–Crippen MR) is 82.5 cm³/mol. The fourth-order valence-corrected chi connectivity index (χ4v) is 2.63. The van der Waals surface area contributed by atoms with E-state index in [4.69, 9.17) is 9.47 Å². The Hall–Kier alpha value is -1.95. The highest BCUT2D eigenvalue weighted by Crippen LogP contribution is 2.33. The van der Waals surface area contributed by atoms with Crippen LogP contribution in [0.3, 0.4) is 0 Å². The van der Waals surface area contributed by atoms with Gasteiger partial charge in [0.25, 0.3) is 11.1 Å². The van der Waals surface area contributed by atoms with Gasteiger partial charge in [0.2, 0.25) is 0 Å². The molecule has 0 atom stereocenters. The predicted octanol–water partition coefficient (Wildman–Crippen LogP) is 3.15. The monoisotopic (exact) mass is 307 g/mol. The number of hydrogen-bond acceptors (Lipinski definition) is 5. The maximum Gasteiger partial charge on any atom is 0.293 e. The molecule has 1 heterocycles. The van der Waals surface area contributed by atoms with Crippen LogP contribution >= 0.6 is 11.8 Å². The zero-order valence-corrected chi connectivity index (χ0v) is 13.0. The second-order valence-corrected chi connectivity index (χ2v) is 5.49. The lowest BCUT2D eigenvalue weighted by Crippen LogP contribution is -2.22. The molecule has 5 nitrogen and oxygen atoms in total. The summed E-state index contributed by atoms with van der Waals surface area (Å²) < 4.78 is 10.9. The van der Waals surface area contributed by atoms with E-state index in [1.165, 1.54) is 7.05 Å². The zero-order valence-electron chi connectivity index (χ0n) is 12.2. The lowest BCUT2D eigenvalue weighted by molar-refractivity contribution is -0.121. The molecule has 0 radical (unpaired) electrons. The van der Waals surface area contributed by atoms with E-state index in [-0.39, 0.29) is 11.1 Å². The Bertz CT molecular complexity index is 597. The summed E-state index contributed by atoms with van der Waals surface area (Å²) in [6.07, 6.45) is 2.59. The number of hydrogen-bond donors (Lipinski definition) is 0. The highest BCUT2D eigenvalue weighted by atomic mass is 32.2. The largest absolute Gasteiger partial charge is 0.493 e. The molecule has 1 aliphatic rings. The summed E-state index contributed by atoms with van der Waals surface area (Å²) in [6, 6.07) is 5.42. The molecule has 0 unspecified atom stereocenters.